The van der Waals surface area contributed by atoms with E-state index in [0.29, 0.717) is 5.92 Å². The molecule has 0 saturated heterocycles. The van der Waals surface area contributed by atoms with Crippen LogP contribution in [0.25, 0.3) is 0 Å². The first kappa shape index (κ1) is 8.63. The summed E-state index contributed by atoms with van der Waals surface area (Å²) in [6.07, 6.45) is 0.973. The van der Waals surface area contributed by atoms with Gasteiger partial charge in [0, 0.05) is 0 Å². The van der Waals surface area contributed by atoms with Gasteiger partial charge in [0.25, 0.3) is 0 Å². The Morgan fingerprint density at radius 1 is 1.67 bits per heavy atom. The van der Waals surface area contributed by atoms with Gasteiger partial charge in [-0.05, 0) is 12.8 Å². The fraction of sp³-hybridized carbons (Fsp3) is 0.857. The Hall–Kier alpha value is -0.370. The second-order valence-corrected chi connectivity index (χ2v) is 2.52. The maximum Gasteiger partial charge on any atom is 0.146 e. The SMILES string of the molecule is CC[C@H](C)C(N)C(C)=O. The highest BCUT2D eigenvalue weighted by Crippen LogP contribution is 2.04. The molecule has 2 N–H and O–H groups in total. The Morgan fingerprint density at radius 2 is 2.11 bits per heavy atom. The van der Waals surface area contributed by atoms with E-state index in [9.17, 15) is 4.79 Å². The summed E-state index contributed by atoms with van der Waals surface area (Å²) in [4.78, 5) is 10.6. The number of carbonyl (C=O) groups excluding carboxylic acids is 1. The number of nitrogens with two attached hydrogens (primary N) is 1. The lowest BCUT2D eigenvalue weighted by Gasteiger charge is -2.13. The van der Waals surface area contributed by atoms with Gasteiger partial charge in [0.2, 0.25) is 0 Å². The van der Waals surface area contributed by atoms with Crippen molar-refractivity contribution in [1.82, 2.24) is 0 Å². The summed E-state index contributed by atoms with van der Waals surface area (Å²) in [7, 11) is 0. The maximum atomic E-state index is 10.6. The van der Waals surface area contributed by atoms with Gasteiger partial charge in [0.05, 0.1) is 6.04 Å². The van der Waals surface area contributed by atoms with Crippen molar-refractivity contribution in [3.63, 3.8) is 0 Å². The molecule has 0 saturated carbocycles. The smallest absolute Gasteiger partial charge is 0.146 e. The highest BCUT2D eigenvalue weighted by atomic mass is 16.1. The van der Waals surface area contributed by atoms with Crippen molar-refractivity contribution >= 4 is 5.78 Å². The number of hydrogen-bond acceptors (Lipinski definition) is 2. The summed E-state index contributed by atoms with van der Waals surface area (Å²) in [5.74, 6) is 0.409. The molecule has 54 valence electrons. The van der Waals surface area contributed by atoms with Crippen LogP contribution in [0.4, 0.5) is 0 Å². The second kappa shape index (κ2) is 3.62. The summed E-state index contributed by atoms with van der Waals surface area (Å²) >= 11 is 0. The molecule has 0 fully saturated rings. The molecule has 0 spiro atoms. The van der Waals surface area contributed by atoms with Crippen molar-refractivity contribution in [2.24, 2.45) is 11.7 Å². The highest BCUT2D eigenvalue weighted by molar-refractivity contribution is 5.81. The van der Waals surface area contributed by atoms with Crippen LogP contribution < -0.4 is 5.73 Å². The largest absolute Gasteiger partial charge is 0.321 e. The Labute approximate surface area is 56.4 Å². The molecule has 0 bridgehead atoms. The zero-order valence-corrected chi connectivity index (χ0v) is 6.35. The average molecular weight is 129 g/mol. The molecule has 0 aromatic heterocycles. The van der Waals surface area contributed by atoms with Gasteiger partial charge in [-0.2, -0.15) is 0 Å². The van der Waals surface area contributed by atoms with Crippen LogP contribution >= 0.6 is 0 Å². The highest BCUT2D eigenvalue weighted by Gasteiger charge is 2.14. The summed E-state index contributed by atoms with van der Waals surface area (Å²) in [5.41, 5.74) is 5.52. The lowest BCUT2D eigenvalue weighted by Crippen LogP contribution is -2.34. The number of carbonyl (C=O) groups is 1. The summed E-state index contributed by atoms with van der Waals surface area (Å²) < 4.78 is 0. The van der Waals surface area contributed by atoms with Gasteiger partial charge in [-0.15, -0.1) is 0 Å². The van der Waals surface area contributed by atoms with Crippen LogP contribution in [-0.4, -0.2) is 11.8 Å². The van der Waals surface area contributed by atoms with Crippen molar-refractivity contribution in [3.05, 3.63) is 0 Å². The number of Topliss-reactive ketones (excluding diaryl/α,β-unsaturated/α-hetero) is 1. The van der Waals surface area contributed by atoms with E-state index < -0.39 is 0 Å². The first-order chi connectivity index (χ1) is 4.09. The van der Waals surface area contributed by atoms with E-state index in [-0.39, 0.29) is 11.8 Å². The molecule has 0 aliphatic heterocycles. The minimum atomic E-state index is -0.255. The molecule has 0 rings (SSSR count). The quantitative estimate of drug-likeness (QED) is 0.616. The van der Waals surface area contributed by atoms with Gasteiger partial charge in [-0.25, -0.2) is 0 Å². The lowest BCUT2D eigenvalue weighted by molar-refractivity contribution is -0.119. The molecule has 1 unspecified atom stereocenters. The molecule has 0 aromatic carbocycles. The third-order valence-corrected chi connectivity index (χ3v) is 1.73. The third kappa shape index (κ3) is 2.61. The van der Waals surface area contributed by atoms with Crippen LogP contribution in [0, 0.1) is 5.92 Å². The van der Waals surface area contributed by atoms with Gasteiger partial charge in [-0.1, -0.05) is 20.3 Å². The van der Waals surface area contributed by atoms with E-state index >= 15 is 0 Å². The molecule has 0 aliphatic rings. The van der Waals surface area contributed by atoms with Crippen molar-refractivity contribution in [2.45, 2.75) is 33.2 Å². The summed E-state index contributed by atoms with van der Waals surface area (Å²) in [5, 5.41) is 0. The predicted molar refractivity (Wildman–Crippen MR) is 38.1 cm³/mol. The van der Waals surface area contributed by atoms with Gasteiger partial charge >= 0.3 is 0 Å². The van der Waals surface area contributed by atoms with Crippen molar-refractivity contribution in [1.29, 1.82) is 0 Å². The van der Waals surface area contributed by atoms with Crippen LogP contribution in [-0.2, 0) is 4.79 Å². The Morgan fingerprint density at radius 3 is 2.22 bits per heavy atom. The molecule has 0 amide bonds. The predicted octanol–water partition coefficient (Wildman–Crippen LogP) is 0.949. The Kier molecular flexibility index (Phi) is 3.47. The fourth-order valence-electron chi connectivity index (χ4n) is 0.655. The number of rotatable bonds is 3. The topological polar surface area (TPSA) is 43.1 Å². The standard InChI is InChI=1S/C7H15NO/c1-4-5(2)7(8)6(3)9/h5,7H,4,8H2,1-3H3/t5-,7?/m0/s1. The van der Waals surface area contributed by atoms with E-state index in [2.05, 4.69) is 0 Å². The fourth-order valence-corrected chi connectivity index (χ4v) is 0.655. The van der Waals surface area contributed by atoms with E-state index in [1.165, 1.54) is 6.92 Å². The molecular weight excluding hydrogens is 114 g/mol. The van der Waals surface area contributed by atoms with Crippen LogP contribution in [0.3, 0.4) is 0 Å². The number of hydrogen-bond donors (Lipinski definition) is 1. The normalized spacial score (nSPS) is 16.9. The first-order valence-electron chi connectivity index (χ1n) is 3.35. The zero-order valence-electron chi connectivity index (χ0n) is 6.35. The van der Waals surface area contributed by atoms with Gasteiger partial charge in [0.15, 0.2) is 0 Å². The van der Waals surface area contributed by atoms with Crippen LogP contribution in [0.2, 0.25) is 0 Å². The van der Waals surface area contributed by atoms with Crippen LogP contribution in [0.5, 0.6) is 0 Å². The summed E-state index contributed by atoms with van der Waals surface area (Å²) in [6.45, 7) is 5.57. The lowest BCUT2D eigenvalue weighted by atomic mass is 9.97. The molecule has 0 aliphatic carbocycles. The summed E-state index contributed by atoms with van der Waals surface area (Å²) in [6, 6.07) is -0.255. The van der Waals surface area contributed by atoms with Crippen molar-refractivity contribution in [2.75, 3.05) is 0 Å². The van der Waals surface area contributed by atoms with E-state index in [1.807, 2.05) is 13.8 Å². The van der Waals surface area contributed by atoms with Gasteiger partial charge < -0.3 is 5.73 Å². The van der Waals surface area contributed by atoms with E-state index in [1.54, 1.807) is 0 Å². The van der Waals surface area contributed by atoms with Crippen molar-refractivity contribution < 1.29 is 4.79 Å². The molecule has 0 aromatic rings. The minimum Gasteiger partial charge on any atom is -0.321 e. The third-order valence-electron chi connectivity index (χ3n) is 1.73. The van der Waals surface area contributed by atoms with E-state index in [0.717, 1.165) is 6.42 Å². The molecule has 0 radical (unpaired) electrons. The van der Waals surface area contributed by atoms with Gasteiger partial charge in [-0.3, -0.25) is 4.79 Å². The number of ketones is 1. The maximum absolute atomic E-state index is 10.6. The molecule has 2 heteroatoms. The molecule has 0 heterocycles. The Balaban J connectivity index is 3.72. The van der Waals surface area contributed by atoms with Crippen LogP contribution in [0.1, 0.15) is 27.2 Å². The van der Waals surface area contributed by atoms with Crippen LogP contribution in [0.15, 0.2) is 0 Å². The second-order valence-electron chi connectivity index (χ2n) is 2.52. The van der Waals surface area contributed by atoms with E-state index in [4.69, 9.17) is 5.73 Å². The molecule has 2 nitrogen and oxygen atoms in total. The Bertz CT molecular complexity index is 101. The monoisotopic (exact) mass is 129 g/mol. The molecular formula is C7H15NO. The van der Waals surface area contributed by atoms with Crippen molar-refractivity contribution in [3.8, 4) is 0 Å². The molecule has 2 atom stereocenters. The zero-order chi connectivity index (χ0) is 7.44. The average Bonchev–Trinajstić information content (AvgIpc) is 1.84. The molecule has 9 heavy (non-hydrogen) atoms. The first-order valence-corrected chi connectivity index (χ1v) is 3.35. The van der Waals surface area contributed by atoms with Gasteiger partial charge in [0.1, 0.15) is 5.78 Å². The minimum absolute atomic E-state index is 0.0874.